The zero-order chi connectivity index (χ0) is 17.7. The maximum Gasteiger partial charge on any atom is 0.317 e. The molecule has 0 spiro atoms. The molecule has 2 N–H and O–H groups in total. The Morgan fingerprint density at radius 1 is 1.29 bits per heavy atom. The summed E-state index contributed by atoms with van der Waals surface area (Å²) in [5.41, 5.74) is 1.75. The number of aromatic amines is 1. The van der Waals surface area contributed by atoms with E-state index in [2.05, 4.69) is 36.1 Å². The van der Waals surface area contributed by atoms with Crippen LogP contribution in [-0.2, 0) is 6.54 Å². The molecule has 2 amide bonds. The molecule has 1 unspecified atom stereocenters. The predicted molar refractivity (Wildman–Crippen MR) is 95.5 cm³/mol. The summed E-state index contributed by atoms with van der Waals surface area (Å²) >= 11 is 0. The van der Waals surface area contributed by atoms with E-state index in [1.807, 2.05) is 6.07 Å². The van der Waals surface area contributed by atoms with E-state index >= 15 is 0 Å². The van der Waals surface area contributed by atoms with E-state index in [0.29, 0.717) is 19.1 Å². The first-order valence-electron chi connectivity index (χ1n) is 8.40. The zero-order valence-electron chi connectivity index (χ0n) is 14.9. The summed E-state index contributed by atoms with van der Waals surface area (Å²) in [6.45, 7) is 6.26. The Bertz CT molecular complexity index is 685. The number of hydrogen-bond acceptors (Lipinski definition) is 2. The first-order chi connectivity index (χ1) is 11.4. The number of likely N-dealkylation sites (N-methyl/N-ethyl adjacent to an activating group) is 1. The number of rotatable bonds is 7. The molecule has 0 radical (unpaired) electrons. The monoisotopic (exact) mass is 334 g/mol. The molecule has 0 saturated carbocycles. The maximum absolute atomic E-state index is 13.2. The summed E-state index contributed by atoms with van der Waals surface area (Å²) < 4.78 is 13.2. The number of halogens is 1. The van der Waals surface area contributed by atoms with E-state index in [0.717, 1.165) is 29.6 Å². The molecular weight excluding hydrogens is 307 g/mol. The second-order valence-electron chi connectivity index (χ2n) is 6.20. The van der Waals surface area contributed by atoms with Gasteiger partial charge in [-0.15, -0.1) is 0 Å². The minimum atomic E-state index is -0.259. The molecule has 0 bridgehead atoms. The Balaban J connectivity index is 1.92. The van der Waals surface area contributed by atoms with Crippen molar-refractivity contribution in [3.63, 3.8) is 0 Å². The average Bonchev–Trinajstić information content (AvgIpc) is 2.95. The molecule has 1 heterocycles. The predicted octanol–water partition coefficient (Wildman–Crippen LogP) is 3.18. The van der Waals surface area contributed by atoms with Gasteiger partial charge >= 0.3 is 6.03 Å². The zero-order valence-corrected chi connectivity index (χ0v) is 14.9. The van der Waals surface area contributed by atoms with Crippen LogP contribution in [0.4, 0.5) is 9.18 Å². The highest BCUT2D eigenvalue weighted by molar-refractivity contribution is 5.80. The fraction of sp³-hybridized carbons (Fsp3) is 0.500. The van der Waals surface area contributed by atoms with Gasteiger partial charge in [0, 0.05) is 36.2 Å². The van der Waals surface area contributed by atoms with Crippen molar-refractivity contribution >= 4 is 16.9 Å². The quantitative estimate of drug-likeness (QED) is 0.817. The van der Waals surface area contributed by atoms with Crippen molar-refractivity contribution in [3.8, 4) is 0 Å². The van der Waals surface area contributed by atoms with Crippen molar-refractivity contribution in [1.29, 1.82) is 0 Å². The van der Waals surface area contributed by atoms with Gasteiger partial charge in [-0.2, -0.15) is 0 Å². The Labute approximate surface area is 142 Å². The summed E-state index contributed by atoms with van der Waals surface area (Å²) in [6, 6.07) is 6.73. The van der Waals surface area contributed by atoms with Crippen LogP contribution in [-0.4, -0.2) is 54.0 Å². The van der Waals surface area contributed by atoms with Crippen LogP contribution >= 0.6 is 0 Å². The molecule has 6 heteroatoms. The van der Waals surface area contributed by atoms with Crippen molar-refractivity contribution in [1.82, 2.24) is 20.1 Å². The molecule has 132 valence electrons. The van der Waals surface area contributed by atoms with Crippen LogP contribution in [0.1, 0.15) is 26.0 Å². The summed E-state index contributed by atoms with van der Waals surface area (Å²) in [7, 11) is 3.82. The van der Waals surface area contributed by atoms with E-state index < -0.39 is 0 Å². The summed E-state index contributed by atoms with van der Waals surface area (Å²) in [5.74, 6) is -0.259. The van der Waals surface area contributed by atoms with Crippen molar-refractivity contribution in [2.45, 2.75) is 32.9 Å². The molecule has 5 nitrogen and oxygen atoms in total. The number of hydrogen-bond donors (Lipinski definition) is 2. The largest absolute Gasteiger partial charge is 0.357 e. The number of carbonyl (C=O) groups is 1. The molecule has 0 aliphatic carbocycles. The molecule has 1 atom stereocenters. The van der Waals surface area contributed by atoms with E-state index in [-0.39, 0.29) is 11.8 Å². The Kier molecular flexibility index (Phi) is 6.20. The minimum Gasteiger partial charge on any atom is -0.357 e. The SMILES string of the molecule is CCC(CNC(=O)N(C)Cc1cc2cc(F)ccc2[nH]1)N(C)CC. The Morgan fingerprint density at radius 2 is 2.04 bits per heavy atom. The third-order valence-electron chi connectivity index (χ3n) is 4.48. The minimum absolute atomic E-state index is 0.109. The van der Waals surface area contributed by atoms with Crippen LogP contribution < -0.4 is 5.32 Å². The lowest BCUT2D eigenvalue weighted by atomic mass is 10.2. The Hall–Kier alpha value is -2.08. The molecule has 1 aromatic carbocycles. The number of benzene rings is 1. The summed E-state index contributed by atoms with van der Waals surface area (Å²) in [6.07, 6.45) is 0.988. The van der Waals surface area contributed by atoms with Crippen molar-refractivity contribution in [3.05, 3.63) is 35.8 Å². The van der Waals surface area contributed by atoms with Crippen LogP contribution in [0.25, 0.3) is 10.9 Å². The molecular formula is C18H27FN4O. The number of urea groups is 1. The van der Waals surface area contributed by atoms with Crippen LogP contribution in [0.2, 0.25) is 0 Å². The third-order valence-corrected chi connectivity index (χ3v) is 4.48. The Morgan fingerprint density at radius 3 is 2.71 bits per heavy atom. The van der Waals surface area contributed by atoms with Gasteiger partial charge in [-0.25, -0.2) is 9.18 Å². The molecule has 2 aromatic rings. The molecule has 2 rings (SSSR count). The standard InChI is InChI=1S/C18H27FN4O/c1-5-16(22(3)6-2)11-20-18(24)23(4)12-15-10-13-9-14(19)7-8-17(13)21-15/h7-10,16,21H,5-6,11-12H2,1-4H3,(H,20,24). The first-order valence-corrected chi connectivity index (χ1v) is 8.40. The molecule has 0 saturated heterocycles. The number of nitrogens with one attached hydrogen (secondary N) is 2. The summed E-state index contributed by atoms with van der Waals surface area (Å²) in [5, 5.41) is 3.80. The van der Waals surface area contributed by atoms with Crippen LogP contribution in [0, 0.1) is 5.82 Å². The number of carbonyl (C=O) groups excluding carboxylic acids is 1. The van der Waals surface area contributed by atoms with Gasteiger partial charge < -0.3 is 20.1 Å². The second kappa shape index (κ2) is 8.15. The van der Waals surface area contributed by atoms with Gasteiger partial charge in [-0.05, 0) is 44.3 Å². The van der Waals surface area contributed by atoms with Crippen LogP contribution in [0.5, 0.6) is 0 Å². The highest BCUT2D eigenvalue weighted by Crippen LogP contribution is 2.17. The normalized spacial score (nSPS) is 12.6. The number of fused-ring (bicyclic) bond motifs is 1. The fourth-order valence-electron chi connectivity index (χ4n) is 2.79. The van der Waals surface area contributed by atoms with Gasteiger partial charge in [0.2, 0.25) is 0 Å². The third kappa shape index (κ3) is 4.47. The topological polar surface area (TPSA) is 51.4 Å². The van der Waals surface area contributed by atoms with E-state index in [1.165, 1.54) is 12.1 Å². The van der Waals surface area contributed by atoms with Crippen molar-refractivity contribution in [2.75, 3.05) is 27.2 Å². The van der Waals surface area contributed by atoms with Gasteiger partial charge in [-0.3, -0.25) is 0 Å². The van der Waals surface area contributed by atoms with E-state index in [4.69, 9.17) is 0 Å². The van der Waals surface area contributed by atoms with E-state index in [1.54, 1.807) is 18.0 Å². The lowest BCUT2D eigenvalue weighted by Crippen LogP contribution is -2.45. The van der Waals surface area contributed by atoms with Gasteiger partial charge in [0.25, 0.3) is 0 Å². The second-order valence-corrected chi connectivity index (χ2v) is 6.20. The molecule has 0 fully saturated rings. The van der Waals surface area contributed by atoms with Gasteiger partial charge in [-0.1, -0.05) is 13.8 Å². The first kappa shape index (κ1) is 18.3. The van der Waals surface area contributed by atoms with E-state index in [9.17, 15) is 9.18 Å². The number of amides is 2. The van der Waals surface area contributed by atoms with Crippen molar-refractivity contribution < 1.29 is 9.18 Å². The molecule has 0 aliphatic rings. The number of H-pyrrole nitrogens is 1. The maximum atomic E-state index is 13.2. The van der Waals surface area contributed by atoms with Gasteiger partial charge in [0.05, 0.1) is 6.54 Å². The fourth-order valence-corrected chi connectivity index (χ4v) is 2.79. The number of nitrogens with zero attached hydrogens (tertiary/aromatic N) is 2. The average molecular weight is 334 g/mol. The van der Waals surface area contributed by atoms with Gasteiger partial charge in [0.1, 0.15) is 5.82 Å². The summed E-state index contributed by atoms with van der Waals surface area (Å²) in [4.78, 5) is 19.3. The van der Waals surface area contributed by atoms with Crippen LogP contribution in [0.15, 0.2) is 24.3 Å². The molecule has 0 aliphatic heterocycles. The molecule has 1 aromatic heterocycles. The molecule has 24 heavy (non-hydrogen) atoms. The highest BCUT2D eigenvalue weighted by atomic mass is 19.1. The smallest absolute Gasteiger partial charge is 0.317 e. The lowest BCUT2D eigenvalue weighted by molar-refractivity contribution is 0.195. The van der Waals surface area contributed by atoms with Gasteiger partial charge in [0.15, 0.2) is 0 Å². The van der Waals surface area contributed by atoms with Crippen molar-refractivity contribution in [2.24, 2.45) is 0 Å². The lowest BCUT2D eigenvalue weighted by Gasteiger charge is -2.27. The van der Waals surface area contributed by atoms with Crippen LogP contribution in [0.3, 0.4) is 0 Å². The highest BCUT2D eigenvalue weighted by Gasteiger charge is 2.15. The number of aromatic nitrogens is 1.